The number of carbonyl (C=O) groups is 2. The number of rotatable bonds is 7. The minimum Gasteiger partial charge on any atom is -0.368 e. The Morgan fingerprint density at radius 3 is 2.30 bits per heavy atom. The molecular formula is C29H27F4N7O2S. The monoisotopic (exact) mass is 613 g/mol. The van der Waals surface area contributed by atoms with Gasteiger partial charge in [-0.15, -0.1) is 11.3 Å². The summed E-state index contributed by atoms with van der Waals surface area (Å²) in [5.41, 5.74) is -0.101. The molecule has 0 spiro atoms. The Morgan fingerprint density at radius 1 is 0.953 bits per heavy atom. The number of aromatic nitrogens is 2. The fraction of sp³-hybridized carbons (Fsp3) is 0.241. The number of pyridine rings is 1. The van der Waals surface area contributed by atoms with Gasteiger partial charge in [-0.1, -0.05) is 30.3 Å². The predicted octanol–water partition coefficient (Wildman–Crippen LogP) is 5.94. The van der Waals surface area contributed by atoms with E-state index in [2.05, 4.69) is 20.6 Å². The van der Waals surface area contributed by atoms with E-state index in [0.717, 1.165) is 5.69 Å². The van der Waals surface area contributed by atoms with E-state index in [1.807, 2.05) is 35.2 Å². The molecule has 43 heavy (non-hydrogen) atoms. The summed E-state index contributed by atoms with van der Waals surface area (Å²) < 4.78 is 55.2. The number of para-hydroxylation sites is 2. The molecule has 2 aromatic carbocycles. The van der Waals surface area contributed by atoms with Crippen molar-refractivity contribution in [2.75, 3.05) is 53.7 Å². The van der Waals surface area contributed by atoms with Crippen LogP contribution in [0, 0.1) is 5.82 Å². The van der Waals surface area contributed by atoms with E-state index in [4.69, 9.17) is 0 Å². The minimum absolute atomic E-state index is 0.0966. The average molecular weight is 614 g/mol. The lowest BCUT2D eigenvalue weighted by Gasteiger charge is -2.35. The maximum atomic E-state index is 13.9. The first-order chi connectivity index (χ1) is 20.6. The first-order valence-corrected chi connectivity index (χ1v) is 14.1. The van der Waals surface area contributed by atoms with Crippen molar-refractivity contribution in [2.45, 2.75) is 12.7 Å². The van der Waals surface area contributed by atoms with Crippen LogP contribution < -0.4 is 20.4 Å². The average Bonchev–Trinajstić information content (AvgIpc) is 3.44. The molecule has 3 heterocycles. The van der Waals surface area contributed by atoms with Gasteiger partial charge < -0.3 is 25.3 Å². The molecule has 1 aliphatic heterocycles. The Bertz CT molecular complexity index is 1570. The minimum atomic E-state index is -4.80. The zero-order valence-corrected chi connectivity index (χ0v) is 23.8. The quantitative estimate of drug-likeness (QED) is 0.251. The molecule has 224 valence electrons. The molecule has 0 aliphatic carbocycles. The van der Waals surface area contributed by atoms with Gasteiger partial charge in [-0.05, 0) is 36.4 Å². The van der Waals surface area contributed by atoms with Crippen LogP contribution in [0.25, 0.3) is 0 Å². The van der Waals surface area contributed by atoms with Crippen LogP contribution in [0.15, 0.2) is 72.9 Å². The molecule has 0 saturated carbocycles. The van der Waals surface area contributed by atoms with Crippen LogP contribution in [-0.2, 0) is 12.7 Å². The number of hydrogen-bond donors (Lipinski definition) is 2. The molecule has 14 heteroatoms. The van der Waals surface area contributed by atoms with Crippen LogP contribution in [0.4, 0.5) is 45.2 Å². The SMILES string of the molecule is CN(Cc1nc(C(F)(F)F)c(C(=O)Nc2ccc(N3CCN(C(=O)Nc4ccccc4F)CC3)nc2)s1)c1ccccc1. The lowest BCUT2D eigenvalue weighted by Crippen LogP contribution is -2.50. The van der Waals surface area contributed by atoms with Crippen molar-refractivity contribution in [1.82, 2.24) is 14.9 Å². The summed E-state index contributed by atoms with van der Waals surface area (Å²) in [4.78, 5) is 38.3. The number of amides is 3. The molecular weight excluding hydrogens is 586 g/mol. The number of anilines is 4. The van der Waals surface area contributed by atoms with Gasteiger partial charge in [0.1, 0.15) is 21.5 Å². The number of carbonyl (C=O) groups excluding carboxylic acids is 2. The number of benzene rings is 2. The van der Waals surface area contributed by atoms with Gasteiger partial charge >= 0.3 is 12.2 Å². The molecule has 1 aliphatic rings. The molecule has 5 rings (SSSR count). The molecule has 9 nitrogen and oxygen atoms in total. The summed E-state index contributed by atoms with van der Waals surface area (Å²) in [6, 6.07) is 17.8. The molecule has 0 bridgehead atoms. The Labute approximate surface area is 248 Å². The number of hydrogen-bond acceptors (Lipinski definition) is 7. The van der Waals surface area contributed by atoms with Crippen LogP contribution >= 0.6 is 11.3 Å². The van der Waals surface area contributed by atoms with E-state index >= 15 is 0 Å². The van der Waals surface area contributed by atoms with Gasteiger partial charge in [0, 0.05) is 38.9 Å². The van der Waals surface area contributed by atoms with Gasteiger partial charge in [-0.3, -0.25) is 4.79 Å². The van der Waals surface area contributed by atoms with Crippen LogP contribution in [0.2, 0.25) is 0 Å². The second kappa shape index (κ2) is 12.7. The lowest BCUT2D eigenvalue weighted by molar-refractivity contribution is -0.141. The number of nitrogens with zero attached hydrogens (tertiary/aromatic N) is 5. The number of halogens is 4. The number of alkyl halides is 3. The maximum Gasteiger partial charge on any atom is 0.435 e. The third kappa shape index (κ3) is 7.20. The normalized spacial score (nSPS) is 13.5. The Morgan fingerprint density at radius 2 is 1.65 bits per heavy atom. The molecule has 0 unspecified atom stereocenters. The summed E-state index contributed by atoms with van der Waals surface area (Å²) >= 11 is 0.695. The standard InChI is InChI=1S/C29H27F4N7O2S/c1-38(20-7-3-2-4-8-20)18-24-37-26(29(31,32)33)25(43-24)27(41)35-19-11-12-23(34-17-19)39-13-15-40(16-14-39)28(42)36-22-10-6-5-9-21(22)30/h2-12,17H,13-16,18H2,1H3,(H,35,41)(H,36,42). The summed E-state index contributed by atoms with van der Waals surface area (Å²) in [6.07, 6.45) is -3.44. The van der Waals surface area contributed by atoms with Crippen molar-refractivity contribution >= 4 is 46.2 Å². The second-order valence-corrected chi connectivity index (χ2v) is 10.8. The summed E-state index contributed by atoms with van der Waals surface area (Å²) in [6.45, 7) is 1.75. The van der Waals surface area contributed by atoms with E-state index in [1.165, 1.54) is 24.4 Å². The Balaban J connectivity index is 1.19. The largest absolute Gasteiger partial charge is 0.435 e. The molecule has 2 aromatic heterocycles. The molecule has 0 radical (unpaired) electrons. The summed E-state index contributed by atoms with van der Waals surface area (Å²) in [5, 5.41) is 5.21. The van der Waals surface area contributed by atoms with Crippen molar-refractivity contribution in [3.63, 3.8) is 0 Å². The van der Waals surface area contributed by atoms with Crippen molar-refractivity contribution in [2.24, 2.45) is 0 Å². The molecule has 1 saturated heterocycles. The number of nitrogens with one attached hydrogen (secondary N) is 2. The van der Waals surface area contributed by atoms with E-state index in [9.17, 15) is 27.2 Å². The van der Waals surface area contributed by atoms with E-state index in [0.29, 0.717) is 43.3 Å². The third-order valence-corrected chi connectivity index (χ3v) is 7.77. The molecule has 1 fully saturated rings. The van der Waals surface area contributed by atoms with Gasteiger partial charge in [0.05, 0.1) is 24.1 Å². The smallest absolute Gasteiger partial charge is 0.368 e. The molecule has 0 atom stereocenters. The van der Waals surface area contributed by atoms with Gasteiger partial charge in [0.15, 0.2) is 5.69 Å². The van der Waals surface area contributed by atoms with E-state index in [-0.39, 0.29) is 22.9 Å². The zero-order chi connectivity index (χ0) is 30.6. The first kappa shape index (κ1) is 29.8. The predicted molar refractivity (Wildman–Crippen MR) is 157 cm³/mol. The van der Waals surface area contributed by atoms with Crippen LogP contribution in [0.3, 0.4) is 0 Å². The van der Waals surface area contributed by atoms with Crippen molar-refractivity contribution < 1.29 is 27.2 Å². The zero-order valence-electron chi connectivity index (χ0n) is 22.9. The number of thiazole rings is 1. The van der Waals surface area contributed by atoms with Gasteiger partial charge in [0.25, 0.3) is 5.91 Å². The Kier molecular flexibility index (Phi) is 8.76. The summed E-state index contributed by atoms with van der Waals surface area (Å²) in [7, 11) is 1.73. The molecule has 3 amide bonds. The lowest BCUT2D eigenvalue weighted by atomic mass is 10.3. The van der Waals surface area contributed by atoms with Gasteiger partial charge in [0.2, 0.25) is 0 Å². The highest BCUT2D eigenvalue weighted by atomic mass is 32.1. The van der Waals surface area contributed by atoms with Gasteiger partial charge in [-0.2, -0.15) is 13.2 Å². The van der Waals surface area contributed by atoms with Crippen molar-refractivity contribution in [3.05, 3.63) is 94.3 Å². The third-order valence-electron chi connectivity index (χ3n) is 6.73. The second-order valence-electron chi connectivity index (χ2n) is 9.72. The van der Waals surface area contributed by atoms with Crippen molar-refractivity contribution in [3.8, 4) is 0 Å². The van der Waals surface area contributed by atoms with Crippen molar-refractivity contribution in [1.29, 1.82) is 0 Å². The number of piperazine rings is 1. The topological polar surface area (TPSA) is 93.7 Å². The van der Waals surface area contributed by atoms with Gasteiger partial charge in [-0.25, -0.2) is 19.2 Å². The number of urea groups is 1. The first-order valence-electron chi connectivity index (χ1n) is 13.2. The van der Waals surface area contributed by atoms with Crippen LogP contribution in [-0.4, -0.2) is 60.0 Å². The Hall–Kier alpha value is -4.72. The maximum absolute atomic E-state index is 13.9. The van der Waals surface area contributed by atoms with Crippen LogP contribution in [0.1, 0.15) is 20.4 Å². The summed E-state index contributed by atoms with van der Waals surface area (Å²) in [5.74, 6) is -0.874. The highest BCUT2D eigenvalue weighted by Gasteiger charge is 2.39. The fourth-order valence-electron chi connectivity index (χ4n) is 4.49. The van der Waals surface area contributed by atoms with E-state index < -0.39 is 34.5 Å². The van der Waals surface area contributed by atoms with E-state index in [1.54, 1.807) is 35.0 Å². The van der Waals surface area contributed by atoms with Crippen LogP contribution in [0.5, 0.6) is 0 Å². The molecule has 2 N–H and O–H groups in total. The molecule has 4 aromatic rings. The highest BCUT2D eigenvalue weighted by molar-refractivity contribution is 7.14. The fourth-order valence-corrected chi connectivity index (χ4v) is 5.52. The highest BCUT2D eigenvalue weighted by Crippen LogP contribution is 2.35.